The molecule has 0 radical (unpaired) electrons. The second-order valence-corrected chi connectivity index (χ2v) is 6.40. The van der Waals surface area contributed by atoms with Crippen molar-refractivity contribution in [1.29, 1.82) is 0 Å². The van der Waals surface area contributed by atoms with Crippen LogP contribution in [0.25, 0.3) is 0 Å². The molecule has 1 aliphatic heterocycles. The van der Waals surface area contributed by atoms with Crippen LogP contribution in [-0.4, -0.2) is 26.3 Å². The lowest BCUT2D eigenvalue weighted by Crippen LogP contribution is -2.39. The van der Waals surface area contributed by atoms with Crippen LogP contribution in [0.15, 0.2) is 17.5 Å². The third-order valence-corrected chi connectivity index (χ3v) is 4.90. The zero-order chi connectivity index (χ0) is 12.7. The first kappa shape index (κ1) is 14.0. The molecule has 1 aromatic rings. The van der Waals surface area contributed by atoms with Crippen LogP contribution in [0.2, 0.25) is 0 Å². The molecule has 18 heavy (non-hydrogen) atoms. The van der Waals surface area contributed by atoms with Crippen LogP contribution < -0.4 is 5.32 Å². The normalized spacial score (nSPS) is 18.9. The maximum Gasteiger partial charge on any atom is 0.0471 e. The number of nitrogens with one attached hydrogen (secondary N) is 1. The average molecular weight is 267 g/mol. The van der Waals surface area contributed by atoms with E-state index < -0.39 is 0 Å². The first-order valence-electron chi connectivity index (χ1n) is 7.15. The Balaban J connectivity index is 1.86. The molecule has 1 aromatic heterocycles. The number of rotatable bonds is 7. The Morgan fingerprint density at radius 1 is 1.39 bits per heavy atom. The quantitative estimate of drug-likeness (QED) is 0.764. The maximum absolute atomic E-state index is 5.54. The molecular formula is C15H25NOS. The van der Waals surface area contributed by atoms with Gasteiger partial charge in [0.15, 0.2) is 0 Å². The van der Waals surface area contributed by atoms with Gasteiger partial charge < -0.3 is 10.1 Å². The van der Waals surface area contributed by atoms with Gasteiger partial charge in [-0.05, 0) is 55.5 Å². The van der Waals surface area contributed by atoms with Crippen molar-refractivity contribution < 1.29 is 4.74 Å². The second-order valence-electron chi connectivity index (χ2n) is 5.37. The minimum atomic E-state index is 0.470. The predicted molar refractivity (Wildman–Crippen MR) is 78.3 cm³/mol. The van der Waals surface area contributed by atoms with Gasteiger partial charge in [0, 0.05) is 24.6 Å². The van der Waals surface area contributed by atoms with E-state index in [1.165, 1.54) is 37.0 Å². The smallest absolute Gasteiger partial charge is 0.0471 e. The zero-order valence-electron chi connectivity index (χ0n) is 11.4. The highest BCUT2D eigenvalue weighted by Crippen LogP contribution is 2.35. The molecule has 0 aromatic carbocycles. The van der Waals surface area contributed by atoms with E-state index in [1.807, 2.05) is 11.3 Å². The van der Waals surface area contributed by atoms with Gasteiger partial charge >= 0.3 is 0 Å². The molecule has 1 saturated heterocycles. The molecule has 2 heterocycles. The fraction of sp³-hybridized carbons (Fsp3) is 0.733. The number of hydrogen-bond acceptors (Lipinski definition) is 3. The molecule has 0 atom stereocenters. The predicted octanol–water partition coefficient (Wildman–Crippen LogP) is 3.48. The standard InChI is InChI=1S/C15H25NOS/c1-2-9-16-13-15(7-10-17-11-8-15)6-5-14-4-3-12-18-14/h3-4,12,16H,2,5-11,13H2,1H3. The summed E-state index contributed by atoms with van der Waals surface area (Å²) in [7, 11) is 0. The van der Waals surface area contributed by atoms with Gasteiger partial charge in [0.05, 0.1) is 0 Å². The van der Waals surface area contributed by atoms with E-state index in [1.54, 1.807) is 0 Å². The number of hydrogen-bond donors (Lipinski definition) is 1. The van der Waals surface area contributed by atoms with E-state index in [4.69, 9.17) is 4.74 Å². The average Bonchev–Trinajstić information content (AvgIpc) is 2.91. The molecular weight excluding hydrogens is 242 g/mol. The summed E-state index contributed by atoms with van der Waals surface area (Å²) in [5.41, 5.74) is 0.470. The summed E-state index contributed by atoms with van der Waals surface area (Å²) in [4.78, 5) is 1.52. The van der Waals surface area contributed by atoms with Crippen molar-refractivity contribution in [3.05, 3.63) is 22.4 Å². The van der Waals surface area contributed by atoms with E-state index in [9.17, 15) is 0 Å². The van der Waals surface area contributed by atoms with Crippen LogP contribution in [0.3, 0.4) is 0 Å². The van der Waals surface area contributed by atoms with Gasteiger partial charge in [-0.1, -0.05) is 13.0 Å². The second kappa shape index (κ2) is 7.27. The highest BCUT2D eigenvalue weighted by Gasteiger charge is 2.31. The van der Waals surface area contributed by atoms with Crippen molar-refractivity contribution in [2.24, 2.45) is 5.41 Å². The SMILES string of the molecule is CCCNCC1(CCc2cccs2)CCOCC1. The van der Waals surface area contributed by atoms with Crippen molar-refractivity contribution >= 4 is 11.3 Å². The summed E-state index contributed by atoms with van der Waals surface area (Å²) < 4.78 is 5.54. The fourth-order valence-corrected chi connectivity index (χ4v) is 3.40. The Labute approximate surface area is 115 Å². The molecule has 0 bridgehead atoms. The van der Waals surface area contributed by atoms with Crippen molar-refractivity contribution in [1.82, 2.24) is 5.32 Å². The molecule has 2 rings (SSSR count). The number of ether oxygens (including phenoxy) is 1. The highest BCUT2D eigenvalue weighted by atomic mass is 32.1. The summed E-state index contributed by atoms with van der Waals surface area (Å²) >= 11 is 1.89. The van der Waals surface area contributed by atoms with Gasteiger partial charge in [0.1, 0.15) is 0 Å². The minimum Gasteiger partial charge on any atom is -0.381 e. The largest absolute Gasteiger partial charge is 0.381 e. The Hall–Kier alpha value is -0.380. The van der Waals surface area contributed by atoms with Crippen LogP contribution in [0.5, 0.6) is 0 Å². The summed E-state index contributed by atoms with van der Waals surface area (Å²) in [5, 5.41) is 5.81. The molecule has 1 fully saturated rings. The van der Waals surface area contributed by atoms with Gasteiger partial charge in [0.25, 0.3) is 0 Å². The van der Waals surface area contributed by atoms with Gasteiger partial charge in [0.2, 0.25) is 0 Å². The van der Waals surface area contributed by atoms with E-state index in [0.29, 0.717) is 5.41 Å². The van der Waals surface area contributed by atoms with E-state index in [-0.39, 0.29) is 0 Å². The van der Waals surface area contributed by atoms with Crippen LogP contribution >= 0.6 is 11.3 Å². The Kier molecular flexibility index (Phi) is 5.67. The van der Waals surface area contributed by atoms with E-state index in [0.717, 1.165) is 26.3 Å². The van der Waals surface area contributed by atoms with Gasteiger partial charge in [-0.3, -0.25) is 0 Å². The first-order chi connectivity index (χ1) is 8.85. The third-order valence-electron chi connectivity index (χ3n) is 3.96. The van der Waals surface area contributed by atoms with Crippen LogP contribution in [0, 0.1) is 5.41 Å². The fourth-order valence-electron chi connectivity index (χ4n) is 2.69. The van der Waals surface area contributed by atoms with Crippen LogP contribution in [0.1, 0.15) is 37.5 Å². The van der Waals surface area contributed by atoms with E-state index in [2.05, 4.69) is 29.8 Å². The van der Waals surface area contributed by atoms with Crippen LogP contribution in [0.4, 0.5) is 0 Å². The first-order valence-corrected chi connectivity index (χ1v) is 8.03. The summed E-state index contributed by atoms with van der Waals surface area (Å²) in [6.45, 7) is 6.42. The molecule has 3 heteroatoms. The highest BCUT2D eigenvalue weighted by molar-refractivity contribution is 7.09. The molecule has 1 N–H and O–H groups in total. The number of aryl methyl sites for hydroxylation is 1. The molecule has 0 spiro atoms. The lowest BCUT2D eigenvalue weighted by molar-refractivity contribution is 0.0108. The van der Waals surface area contributed by atoms with Crippen molar-refractivity contribution in [2.75, 3.05) is 26.3 Å². The zero-order valence-corrected chi connectivity index (χ0v) is 12.2. The van der Waals surface area contributed by atoms with Crippen molar-refractivity contribution in [2.45, 2.75) is 39.0 Å². The molecule has 0 aliphatic carbocycles. The van der Waals surface area contributed by atoms with Crippen LogP contribution in [-0.2, 0) is 11.2 Å². The summed E-state index contributed by atoms with van der Waals surface area (Å²) in [6, 6.07) is 4.42. The van der Waals surface area contributed by atoms with Gasteiger partial charge in [-0.25, -0.2) is 0 Å². The molecule has 0 amide bonds. The number of thiophene rings is 1. The molecule has 2 nitrogen and oxygen atoms in total. The lowest BCUT2D eigenvalue weighted by Gasteiger charge is -2.37. The molecule has 0 unspecified atom stereocenters. The minimum absolute atomic E-state index is 0.470. The molecule has 1 aliphatic rings. The van der Waals surface area contributed by atoms with Crippen molar-refractivity contribution in [3.8, 4) is 0 Å². The summed E-state index contributed by atoms with van der Waals surface area (Å²) in [5.74, 6) is 0. The molecule has 102 valence electrons. The molecule has 0 saturated carbocycles. The Bertz CT molecular complexity index is 317. The maximum atomic E-state index is 5.54. The lowest BCUT2D eigenvalue weighted by atomic mass is 9.76. The Morgan fingerprint density at radius 2 is 2.22 bits per heavy atom. The van der Waals surface area contributed by atoms with E-state index >= 15 is 0 Å². The summed E-state index contributed by atoms with van der Waals surface area (Å²) in [6.07, 6.45) is 6.18. The monoisotopic (exact) mass is 267 g/mol. The topological polar surface area (TPSA) is 21.3 Å². The third kappa shape index (κ3) is 4.08. The van der Waals surface area contributed by atoms with Gasteiger partial charge in [-0.15, -0.1) is 11.3 Å². The van der Waals surface area contributed by atoms with Gasteiger partial charge in [-0.2, -0.15) is 0 Å². The Morgan fingerprint density at radius 3 is 2.89 bits per heavy atom. The van der Waals surface area contributed by atoms with Crippen molar-refractivity contribution in [3.63, 3.8) is 0 Å².